The summed E-state index contributed by atoms with van der Waals surface area (Å²) in [4.78, 5) is 6.93. The molecular formula is C18H32BrIN4O2. The number of methoxy groups -OCH3 is 2. The van der Waals surface area contributed by atoms with E-state index in [1.54, 1.807) is 14.2 Å². The van der Waals surface area contributed by atoms with Crippen LogP contribution in [0.1, 0.15) is 18.9 Å². The summed E-state index contributed by atoms with van der Waals surface area (Å²) in [7, 11) is 5.52. The fraction of sp³-hybridized carbons (Fsp3) is 0.611. The van der Waals surface area contributed by atoms with Crippen molar-refractivity contribution in [1.82, 2.24) is 15.5 Å². The minimum absolute atomic E-state index is 0. The van der Waals surface area contributed by atoms with Gasteiger partial charge in [0.2, 0.25) is 0 Å². The first-order valence-electron chi connectivity index (χ1n) is 8.62. The second-order valence-corrected chi connectivity index (χ2v) is 6.59. The molecule has 26 heavy (non-hydrogen) atoms. The number of benzene rings is 1. The van der Waals surface area contributed by atoms with E-state index in [0.717, 1.165) is 61.0 Å². The molecule has 1 aromatic rings. The van der Waals surface area contributed by atoms with Gasteiger partial charge in [-0.25, -0.2) is 4.99 Å². The number of likely N-dealkylation sites (N-methyl/N-ethyl adjacent to an activating group) is 1. The van der Waals surface area contributed by atoms with Crippen molar-refractivity contribution in [3.05, 3.63) is 28.2 Å². The third-order valence-electron chi connectivity index (χ3n) is 3.65. The van der Waals surface area contributed by atoms with E-state index < -0.39 is 0 Å². The van der Waals surface area contributed by atoms with E-state index in [-0.39, 0.29) is 24.0 Å². The van der Waals surface area contributed by atoms with Gasteiger partial charge in [-0.1, -0.05) is 6.07 Å². The Morgan fingerprint density at radius 1 is 1.23 bits per heavy atom. The second kappa shape index (κ2) is 15.5. The van der Waals surface area contributed by atoms with Gasteiger partial charge in [0.25, 0.3) is 0 Å². The molecule has 1 rings (SSSR count). The van der Waals surface area contributed by atoms with Gasteiger partial charge in [0.05, 0.1) is 18.1 Å². The van der Waals surface area contributed by atoms with Crippen LogP contribution in [0.25, 0.3) is 0 Å². The average Bonchev–Trinajstić information content (AvgIpc) is 2.60. The third kappa shape index (κ3) is 10.5. The van der Waals surface area contributed by atoms with Gasteiger partial charge < -0.3 is 25.0 Å². The lowest BCUT2D eigenvalue weighted by molar-refractivity contribution is 0.180. The van der Waals surface area contributed by atoms with Crippen molar-refractivity contribution in [1.29, 1.82) is 0 Å². The summed E-state index contributed by atoms with van der Waals surface area (Å²) < 4.78 is 11.3. The standard InChI is InChI=1S/C18H31BrN4O2.HI/c1-5-20-18(21-9-11-23(2)10-6-12-24-3)22-14-15-7-8-17(25-4)16(19)13-15;/h7-8,13H,5-6,9-12,14H2,1-4H3,(H2,20,21,22);1H. The number of guanidine groups is 1. The van der Waals surface area contributed by atoms with E-state index in [2.05, 4.69) is 50.4 Å². The Balaban J connectivity index is 0.00000625. The Hall–Kier alpha value is -0.580. The van der Waals surface area contributed by atoms with E-state index in [4.69, 9.17) is 9.47 Å². The lowest BCUT2D eigenvalue weighted by atomic mass is 10.2. The Morgan fingerprint density at radius 2 is 2.00 bits per heavy atom. The maximum Gasteiger partial charge on any atom is 0.191 e. The molecule has 0 heterocycles. The van der Waals surface area contributed by atoms with Crippen LogP contribution in [0.3, 0.4) is 0 Å². The largest absolute Gasteiger partial charge is 0.496 e. The zero-order valence-corrected chi connectivity index (χ0v) is 20.1. The normalized spacial score (nSPS) is 11.2. The number of hydrogen-bond donors (Lipinski definition) is 2. The second-order valence-electron chi connectivity index (χ2n) is 5.74. The molecule has 6 nitrogen and oxygen atoms in total. The molecule has 0 radical (unpaired) electrons. The highest BCUT2D eigenvalue weighted by atomic mass is 127. The highest BCUT2D eigenvalue weighted by molar-refractivity contribution is 14.0. The predicted octanol–water partition coefficient (Wildman–Crippen LogP) is 3.10. The van der Waals surface area contributed by atoms with Gasteiger partial charge in [0.15, 0.2) is 5.96 Å². The van der Waals surface area contributed by atoms with Crippen LogP contribution in [0.4, 0.5) is 0 Å². The van der Waals surface area contributed by atoms with Crippen molar-refractivity contribution in [2.24, 2.45) is 4.99 Å². The van der Waals surface area contributed by atoms with Crippen molar-refractivity contribution >= 4 is 45.9 Å². The Bertz CT molecular complexity index is 532. The van der Waals surface area contributed by atoms with E-state index in [0.29, 0.717) is 6.54 Å². The molecule has 0 bridgehead atoms. The van der Waals surface area contributed by atoms with Crippen molar-refractivity contribution < 1.29 is 9.47 Å². The summed E-state index contributed by atoms with van der Waals surface area (Å²) in [5.74, 6) is 1.66. The van der Waals surface area contributed by atoms with Crippen LogP contribution in [-0.2, 0) is 11.3 Å². The van der Waals surface area contributed by atoms with Gasteiger partial charge in [-0.05, 0) is 54.0 Å². The van der Waals surface area contributed by atoms with Gasteiger partial charge in [-0.3, -0.25) is 0 Å². The molecule has 0 spiro atoms. The summed E-state index contributed by atoms with van der Waals surface area (Å²) in [6.07, 6.45) is 1.05. The number of aliphatic imine (C=N–C) groups is 1. The Labute approximate surface area is 183 Å². The summed E-state index contributed by atoms with van der Waals surface area (Å²) in [5.41, 5.74) is 1.13. The molecule has 1 aromatic carbocycles. The SMILES string of the molecule is CCNC(=NCc1ccc(OC)c(Br)c1)NCCN(C)CCCOC.I. The number of nitrogens with one attached hydrogen (secondary N) is 2. The van der Waals surface area contributed by atoms with Crippen LogP contribution in [-0.4, -0.2) is 64.9 Å². The van der Waals surface area contributed by atoms with E-state index in [1.807, 2.05) is 18.2 Å². The highest BCUT2D eigenvalue weighted by Gasteiger charge is 2.03. The summed E-state index contributed by atoms with van der Waals surface area (Å²) in [6.45, 7) is 7.16. The molecule has 0 aliphatic carbocycles. The molecule has 0 unspecified atom stereocenters. The third-order valence-corrected chi connectivity index (χ3v) is 4.27. The van der Waals surface area contributed by atoms with Gasteiger partial charge in [-0.2, -0.15) is 0 Å². The Kier molecular flexibility index (Phi) is 15.1. The molecule has 0 saturated heterocycles. The summed E-state index contributed by atoms with van der Waals surface area (Å²) in [6, 6.07) is 6.01. The fourth-order valence-electron chi connectivity index (χ4n) is 2.28. The zero-order chi connectivity index (χ0) is 18.5. The quantitative estimate of drug-likeness (QED) is 0.195. The molecule has 0 atom stereocenters. The molecule has 0 fully saturated rings. The lowest BCUT2D eigenvalue weighted by Gasteiger charge is -2.18. The number of hydrogen-bond acceptors (Lipinski definition) is 4. The van der Waals surface area contributed by atoms with Crippen LogP contribution >= 0.6 is 39.9 Å². The van der Waals surface area contributed by atoms with E-state index in [1.165, 1.54) is 0 Å². The molecule has 0 saturated carbocycles. The first kappa shape index (κ1) is 25.4. The topological polar surface area (TPSA) is 58.1 Å². The number of rotatable bonds is 11. The minimum Gasteiger partial charge on any atom is -0.496 e. The predicted molar refractivity (Wildman–Crippen MR) is 123 cm³/mol. The van der Waals surface area contributed by atoms with E-state index >= 15 is 0 Å². The van der Waals surface area contributed by atoms with Crippen LogP contribution in [0, 0.1) is 0 Å². The number of nitrogens with zero attached hydrogens (tertiary/aromatic N) is 2. The molecule has 0 aromatic heterocycles. The van der Waals surface area contributed by atoms with Gasteiger partial charge in [0, 0.05) is 39.9 Å². The van der Waals surface area contributed by atoms with Crippen molar-refractivity contribution in [3.8, 4) is 5.75 Å². The van der Waals surface area contributed by atoms with Gasteiger partial charge in [0.1, 0.15) is 5.75 Å². The molecule has 2 N–H and O–H groups in total. The minimum atomic E-state index is 0. The van der Waals surface area contributed by atoms with Crippen molar-refractivity contribution in [2.75, 3.05) is 54.1 Å². The summed E-state index contributed by atoms with van der Waals surface area (Å²) >= 11 is 3.51. The number of ether oxygens (including phenoxy) is 2. The lowest BCUT2D eigenvalue weighted by Crippen LogP contribution is -2.41. The van der Waals surface area contributed by atoms with E-state index in [9.17, 15) is 0 Å². The highest BCUT2D eigenvalue weighted by Crippen LogP contribution is 2.25. The maximum atomic E-state index is 5.25. The van der Waals surface area contributed by atoms with Crippen molar-refractivity contribution in [2.45, 2.75) is 19.9 Å². The first-order valence-corrected chi connectivity index (χ1v) is 9.42. The average molecular weight is 543 g/mol. The molecule has 0 aliphatic heterocycles. The zero-order valence-electron chi connectivity index (χ0n) is 16.2. The molecule has 0 aliphatic rings. The van der Waals surface area contributed by atoms with Gasteiger partial charge >= 0.3 is 0 Å². The Morgan fingerprint density at radius 3 is 2.62 bits per heavy atom. The maximum absolute atomic E-state index is 5.25. The van der Waals surface area contributed by atoms with Crippen LogP contribution in [0.15, 0.2) is 27.7 Å². The smallest absolute Gasteiger partial charge is 0.191 e. The van der Waals surface area contributed by atoms with Gasteiger partial charge in [-0.15, -0.1) is 24.0 Å². The first-order chi connectivity index (χ1) is 12.1. The molecule has 0 amide bonds. The van der Waals surface area contributed by atoms with Crippen molar-refractivity contribution in [3.63, 3.8) is 0 Å². The molecule has 150 valence electrons. The summed E-state index contributed by atoms with van der Waals surface area (Å²) in [5, 5.41) is 6.66. The van der Waals surface area contributed by atoms with Crippen LogP contribution in [0.5, 0.6) is 5.75 Å². The van der Waals surface area contributed by atoms with Crippen LogP contribution in [0.2, 0.25) is 0 Å². The van der Waals surface area contributed by atoms with Crippen LogP contribution < -0.4 is 15.4 Å². The molecular weight excluding hydrogens is 511 g/mol. The molecule has 8 heteroatoms. The monoisotopic (exact) mass is 542 g/mol. The number of halogens is 2. The fourth-order valence-corrected chi connectivity index (χ4v) is 2.86.